The number of rotatable bonds is 3. The molecule has 1 aromatic carbocycles. The van der Waals surface area contributed by atoms with Crippen molar-refractivity contribution in [3.8, 4) is 5.75 Å². The van der Waals surface area contributed by atoms with Gasteiger partial charge in [-0.15, -0.1) is 0 Å². The molecule has 88 valence electrons. The summed E-state index contributed by atoms with van der Waals surface area (Å²) in [5.41, 5.74) is 7.90. The second-order valence-corrected chi connectivity index (χ2v) is 3.85. The quantitative estimate of drug-likeness (QED) is 0.738. The van der Waals surface area contributed by atoms with Crippen LogP contribution in [-0.2, 0) is 6.42 Å². The molecular formula is C12H13N3O2. The maximum absolute atomic E-state index is 11.2. The van der Waals surface area contributed by atoms with Gasteiger partial charge in [-0.25, -0.2) is 4.98 Å². The van der Waals surface area contributed by atoms with Gasteiger partial charge in [0.15, 0.2) is 0 Å². The molecule has 0 unspecified atom stereocenters. The molecule has 1 aromatic heterocycles. The number of aromatic hydroxyl groups is 1. The molecule has 5 nitrogen and oxygen atoms in total. The number of imidazole rings is 1. The standard InChI is InChI=1S/C12H13N3O2/c1-7-8(4-9-5-14-6-15-9)2-3-10(16)11(7)12(13)17/h2-3,5-6,16H,4H2,1H3,(H2,13,17)(H,14,15). The van der Waals surface area contributed by atoms with Crippen LogP contribution in [0, 0.1) is 6.92 Å². The average Bonchev–Trinajstić information content (AvgIpc) is 2.74. The number of carbonyl (C=O) groups excluding carboxylic acids is 1. The molecule has 17 heavy (non-hydrogen) atoms. The minimum absolute atomic E-state index is 0.0826. The highest BCUT2D eigenvalue weighted by Gasteiger charge is 2.14. The molecule has 0 bridgehead atoms. The van der Waals surface area contributed by atoms with Crippen molar-refractivity contribution in [1.82, 2.24) is 9.97 Å². The largest absolute Gasteiger partial charge is 0.507 e. The van der Waals surface area contributed by atoms with Gasteiger partial charge in [-0.3, -0.25) is 4.79 Å². The molecule has 2 aromatic rings. The summed E-state index contributed by atoms with van der Waals surface area (Å²) >= 11 is 0. The number of H-pyrrole nitrogens is 1. The SMILES string of the molecule is Cc1c(Cc2c[nH]cn2)ccc(O)c1C(N)=O. The van der Waals surface area contributed by atoms with Crippen molar-refractivity contribution in [2.45, 2.75) is 13.3 Å². The molecule has 0 aliphatic heterocycles. The normalized spacial score (nSPS) is 10.4. The molecule has 1 heterocycles. The van der Waals surface area contributed by atoms with E-state index in [4.69, 9.17) is 5.73 Å². The minimum atomic E-state index is -0.621. The third-order valence-electron chi connectivity index (χ3n) is 2.73. The van der Waals surface area contributed by atoms with Crippen molar-refractivity contribution >= 4 is 5.91 Å². The fourth-order valence-electron chi connectivity index (χ4n) is 1.83. The molecular weight excluding hydrogens is 218 g/mol. The Morgan fingerprint density at radius 1 is 1.53 bits per heavy atom. The second kappa shape index (κ2) is 4.29. The Bertz CT molecular complexity index is 547. The summed E-state index contributed by atoms with van der Waals surface area (Å²) in [4.78, 5) is 18.2. The third-order valence-corrected chi connectivity index (χ3v) is 2.73. The molecule has 5 heteroatoms. The van der Waals surface area contributed by atoms with E-state index in [-0.39, 0.29) is 11.3 Å². The summed E-state index contributed by atoms with van der Waals surface area (Å²) in [6.07, 6.45) is 3.98. The van der Waals surface area contributed by atoms with Crippen molar-refractivity contribution in [1.29, 1.82) is 0 Å². The van der Waals surface area contributed by atoms with Crippen molar-refractivity contribution in [2.75, 3.05) is 0 Å². The van der Waals surface area contributed by atoms with Gasteiger partial charge < -0.3 is 15.8 Å². The van der Waals surface area contributed by atoms with E-state index >= 15 is 0 Å². The van der Waals surface area contributed by atoms with Crippen LogP contribution in [0.15, 0.2) is 24.7 Å². The van der Waals surface area contributed by atoms with E-state index in [1.54, 1.807) is 25.5 Å². The molecule has 0 atom stereocenters. The number of hydrogen-bond acceptors (Lipinski definition) is 3. The van der Waals surface area contributed by atoms with Crippen LogP contribution in [0.1, 0.15) is 27.2 Å². The van der Waals surface area contributed by atoms with Gasteiger partial charge in [-0.05, 0) is 24.1 Å². The number of primary amides is 1. The number of nitrogens with one attached hydrogen (secondary N) is 1. The Morgan fingerprint density at radius 2 is 2.29 bits per heavy atom. The lowest BCUT2D eigenvalue weighted by Gasteiger charge is -2.09. The molecule has 2 rings (SSSR count). The first-order valence-corrected chi connectivity index (χ1v) is 5.18. The monoisotopic (exact) mass is 231 g/mol. The lowest BCUT2D eigenvalue weighted by atomic mass is 9.98. The first-order chi connectivity index (χ1) is 8.09. The van der Waals surface area contributed by atoms with Crippen molar-refractivity contribution in [3.05, 3.63) is 47.0 Å². The van der Waals surface area contributed by atoms with E-state index in [1.165, 1.54) is 6.07 Å². The van der Waals surface area contributed by atoms with E-state index in [1.807, 2.05) is 0 Å². The van der Waals surface area contributed by atoms with Gasteiger partial charge in [0.05, 0.1) is 17.6 Å². The highest BCUT2D eigenvalue weighted by atomic mass is 16.3. The topological polar surface area (TPSA) is 92.0 Å². The highest BCUT2D eigenvalue weighted by Crippen LogP contribution is 2.24. The lowest BCUT2D eigenvalue weighted by molar-refractivity contribution is 0.0997. The molecule has 0 radical (unpaired) electrons. The molecule has 0 spiro atoms. The summed E-state index contributed by atoms with van der Waals surface area (Å²) in [5, 5.41) is 9.59. The maximum Gasteiger partial charge on any atom is 0.252 e. The van der Waals surface area contributed by atoms with E-state index < -0.39 is 5.91 Å². The van der Waals surface area contributed by atoms with Crippen LogP contribution >= 0.6 is 0 Å². The van der Waals surface area contributed by atoms with Crippen molar-refractivity contribution in [2.24, 2.45) is 5.73 Å². The van der Waals surface area contributed by atoms with E-state index in [2.05, 4.69) is 9.97 Å². The Kier molecular flexibility index (Phi) is 2.82. The summed E-state index contributed by atoms with van der Waals surface area (Å²) in [6.45, 7) is 1.77. The highest BCUT2D eigenvalue weighted by molar-refractivity contribution is 5.97. The maximum atomic E-state index is 11.2. The van der Waals surface area contributed by atoms with Crippen molar-refractivity contribution in [3.63, 3.8) is 0 Å². The Labute approximate surface area is 98.3 Å². The summed E-state index contributed by atoms with van der Waals surface area (Å²) in [5.74, 6) is -0.704. The molecule has 4 N–H and O–H groups in total. The molecule has 0 aliphatic rings. The number of nitrogens with two attached hydrogens (primary N) is 1. The Morgan fingerprint density at radius 3 is 2.88 bits per heavy atom. The molecule has 0 saturated carbocycles. The van der Waals surface area contributed by atoms with Crippen molar-refractivity contribution < 1.29 is 9.90 Å². The zero-order valence-electron chi connectivity index (χ0n) is 9.40. The number of carbonyl (C=O) groups is 1. The number of aromatic nitrogens is 2. The van der Waals surface area contributed by atoms with Crippen LogP contribution in [0.4, 0.5) is 0 Å². The zero-order chi connectivity index (χ0) is 12.4. The van der Waals surface area contributed by atoms with Crippen LogP contribution in [0.3, 0.4) is 0 Å². The number of phenols is 1. The van der Waals surface area contributed by atoms with Crippen LogP contribution in [0.25, 0.3) is 0 Å². The van der Waals surface area contributed by atoms with E-state index in [9.17, 15) is 9.90 Å². The average molecular weight is 231 g/mol. The fourth-order valence-corrected chi connectivity index (χ4v) is 1.83. The molecule has 1 amide bonds. The number of amides is 1. The first-order valence-electron chi connectivity index (χ1n) is 5.18. The fraction of sp³-hybridized carbons (Fsp3) is 0.167. The summed E-state index contributed by atoms with van der Waals surface area (Å²) in [7, 11) is 0. The first kappa shape index (κ1) is 11.2. The van der Waals surface area contributed by atoms with Gasteiger partial charge in [0.2, 0.25) is 0 Å². The molecule has 0 saturated heterocycles. The number of aromatic amines is 1. The summed E-state index contributed by atoms with van der Waals surface area (Å²) in [6, 6.07) is 3.25. The molecule has 0 aliphatic carbocycles. The number of nitrogens with zero attached hydrogens (tertiary/aromatic N) is 1. The van der Waals surface area contributed by atoms with Crippen LogP contribution < -0.4 is 5.73 Å². The van der Waals surface area contributed by atoms with Gasteiger partial charge in [0.25, 0.3) is 5.91 Å². The predicted octanol–water partition coefficient (Wildman–Crippen LogP) is 1.11. The molecule has 0 fully saturated rings. The van der Waals surface area contributed by atoms with Gasteiger partial charge in [0, 0.05) is 12.6 Å². The smallest absolute Gasteiger partial charge is 0.252 e. The Hall–Kier alpha value is -2.30. The van der Waals surface area contributed by atoms with Crippen LogP contribution in [0.2, 0.25) is 0 Å². The third kappa shape index (κ3) is 2.13. The second-order valence-electron chi connectivity index (χ2n) is 3.85. The van der Waals surface area contributed by atoms with E-state index in [0.717, 1.165) is 11.3 Å². The number of hydrogen-bond donors (Lipinski definition) is 3. The lowest BCUT2D eigenvalue weighted by Crippen LogP contribution is -2.14. The summed E-state index contributed by atoms with van der Waals surface area (Å²) < 4.78 is 0. The predicted molar refractivity (Wildman–Crippen MR) is 62.8 cm³/mol. The van der Waals surface area contributed by atoms with Gasteiger partial charge in [-0.1, -0.05) is 6.07 Å². The zero-order valence-corrected chi connectivity index (χ0v) is 9.40. The van der Waals surface area contributed by atoms with Crippen LogP contribution in [0.5, 0.6) is 5.75 Å². The van der Waals surface area contributed by atoms with E-state index in [0.29, 0.717) is 12.0 Å². The number of benzene rings is 1. The Balaban J connectivity index is 2.42. The van der Waals surface area contributed by atoms with Crippen LogP contribution in [-0.4, -0.2) is 21.0 Å². The van der Waals surface area contributed by atoms with Gasteiger partial charge >= 0.3 is 0 Å². The van der Waals surface area contributed by atoms with Gasteiger partial charge in [0.1, 0.15) is 5.75 Å². The van der Waals surface area contributed by atoms with Gasteiger partial charge in [-0.2, -0.15) is 0 Å². The minimum Gasteiger partial charge on any atom is -0.507 e.